The third-order valence-electron chi connectivity index (χ3n) is 2.01. The first kappa shape index (κ1) is 22.6. The third kappa shape index (κ3) is 5.62. The van der Waals surface area contributed by atoms with Crippen LogP contribution >= 0.6 is 0 Å². The Morgan fingerprint density at radius 2 is 1.40 bits per heavy atom. The molecule has 1 unspecified atom stereocenters. The fourth-order valence-corrected chi connectivity index (χ4v) is 1.47. The summed E-state index contributed by atoms with van der Waals surface area (Å²) in [6.07, 6.45) is -13.3. The predicted octanol–water partition coefficient (Wildman–Crippen LogP) is -0.166. The van der Waals surface area contributed by atoms with Gasteiger partial charge in [0, 0.05) is 6.42 Å². The standard InChI is InChI=1S/C7H8F8O3S.Na/c8-4(2-1-3-5(9,10)11)6(12,13)7(14,15)19(16,17)18;/h4H,1-3H2,(H,16,17,18);/q;+1/p-1. The van der Waals surface area contributed by atoms with Crippen molar-refractivity contribution >= 4 is 10.1 Å². The van der Waals surface area contributed by atoms with Crippen LogP contribution in [0.15, 0.2) is 0 Å². The van der Waals surface area contributed by atoms with Crippen LogP contribution in [0.4, 0.5) is 35.1 Å². The van der Waals surface area contributed by atoms with Crippen LogP contribution in [-0.2, 0) is 10.1 Å². The second-order valence-electron chi connectivity index (χ2n) is 3.57. The van der Waals surface area contributed by atoms with Gasteiger partial charge in [-0.05, 0) is 12.8 Å². The maximum Gasteiger partial charge on any atom is 1.00 e. The van der Waals surface area contributed by atoms with Gasteiger partial charge in [0.1, 0.15) is 0 Å². The fourth-order valence-electron chi connectivity index (χ4n) is 1.01. The molecule has 0 aromatic carbocycles. The maximum atomic E-state index is 12.8. The SMILES string of the molecule is O=S(=O)([O-])C(F)(F)C(F)(F)C(F)CCCC(F)(F)F.[Na+]. The normalized spacial score (nSPS) is 15.7. The molecule has 0 aromatic rings. The van der Waals surface area contributed by atoms with Crippen molar-refractivity contribution < 1.29 is 77.7 Å². The molecule has 0 rings (SSSR count). The molecule has 0 heterocycles. The Balaban J connectivity index is 0. The minimum absolute atomic E-state index is 0. The first-order valence-electron chi connectivity index (χ1n) is 4.55. The van der Waals surface area contributed by atoms with Crippen LogP contribution < -0.4 is 29.6 Å². The summed E-state index contributed by atoms with van der Waals surface area (Å²) in [5.41, 5.74) is 0. The van der Waals surface area contributed by atoms with Crippen LogP contribution in [0.5, 0.6) is 0 Å². The van der Waals surface area contributed by atoms with E-state index in [0.29, 0.717) is 0 Å². The molecule has 0 bridgehead atoms. The van der Waals surface area contributed by atoms with Crippen molar-refractivity contribution in [1.82, 2.24) is 0 Å². The molecule has 0 amide bonds. The van der Waals surface area contributed by atoms with E-state index in [0.717, 1.165) is 0 Å². The average molecular weight is 346 g/mol. The molecule has 0 fully saturated rings. The van der Waals surface area contributed by atoms with E-state index < -0.39 is 52.9 Å². The van der Waals surface area contributed by atoms with E-state index in [1.54, 1.807) is 0 Å². The van der Waals surface area contributed by atoms with Crippen molar-refractivity contribution in [3.8, 4) is 0 Å². The minimum Gasteiger partial charge on any atom is -0.743 e. The van der Waals surface area contributed by atoms with Gasteiger partial charge in [-0.2, -0.15) is 30.7 Å². The summed E-state index contributed by atoms with van der Waals surface area (Å²) in [6.45, 7) is 0. The molecule has 3 nitrogen and oxygen atoms in total. The van der Waals surface area contributed by atoms with Crippen molar-refractivity contribution in [3.63, 3.8) is 0 Å². The van der Waals surface area contributed by atoms with Gasteiger partial charge < -0.3 is 4.55 Å². The van der Waals surface area contributed by atoms with Crippen LogP contribution in [0, 0.1) is 0 Å². The zero-order valence-corrected chi connectivity index (χ0v) is 12.7. The van der Waals surface area contributed by atoms with Crippen molar-refractivity contribution in [2.75, 3.05) is 0 Å². The number of halogens is 8. The molecule has 13 heteroatoms. The molecule has 20 heavy (non-hydrogen) atoms. The van der Waals surface area contributed by atoms with E-state index in [4.69, 9.17) is 0 Å². The van der Waals surface area contributed by atoms with Crippen molar-refractivity contribution in [3.05, 3.63) is 0 Å². The molecule has 0 aliphatic carbocycles. The molecule has 0 saturated carbocycles. The summed E-state index contributed by atoms with van der Waals surface area (Å²) in [5, 5.41) is -6.24. The molecular weight excluding hydrogens is 339 g/mol. The Labute approximate surface area is 130 Å². The van der Waals surface area contributed by atoms with Crippen LogP contribution in [0.2, 0.25) is 0 Å². The smallest absolute Gasteiger partial charge is 0.743 e. The molecule has 116 valence electrons. The van der Waals surface area contributed by atoms with E-state index in [2.05, 4.69) is 0 Å². The van der Waals surface area contributed by atoms with Crippen LogP contribution in [0.3, 0.4) is 0 Å². The molecule has 0 spiro atoms. The van der Waals surface area contributed by atoms with Gasteiger partial charge in [0.05, 0.1) is 0 Å². The quantitative estimate of drug-likeness (QED) is 0.381. The number of rotatable bonds is 6. The first-order chi connectivity index (χ1) is 8.13. The number of alkyl halides is 8. The summed E-state index contributed by atoms with van der Waals surface area (Å²) >= 11 is 0. The Hall–Kier alpha value is 0.350. The second kappa shape index (κ2) is 7.07. The number of hydrogen-bond acceptors (Lipinski definition) is 3. The van der Waals surface area contributed by atoms with Gasteiger partial charge in [-0.15, -0.1) is 0 Å². The topological polar surface area (TPSA) is 57.2 Å². The molecule has 0 radical (unpaired) electrons. The van der Waals surface area contributed by atoms with Crippen molar-refractivity contribution in [1.29, 1.82) is 0 Å². The molecule has 0 aliphatic rings. The molecular formula is C7H7F8NaO3S. The van der Waals surface area contributed by atoms with Gasteiger partial charge in [-0.3, -0.25) is 0 Å². The summed E-state index contributed by atoms with van der Waals surface area (Å²) in [4.78, 5) is 0. The van der Waals surface area contributed by atoms with Gasteiger partial charge in [-0.25, -0.2) is 12.8 Å². The van der Waals surface area contributed by atoms with E-state index in [-0.39, 0.29) is 29.6 Å². The summed E-state index contributed by atoms with van der Waals surface area (Å²) in [6, 6.07) is 0. The summed E-state index contributed by atoms with van der Waals surface area (Å²) in [7, 11) is -6.85. The van der Waals surface area contributed by atoms with Gasteiger partial charge in [0.25, 0.3) is 0 Å². The molecule has 0 N–H and O–H groups in total. The summed E-state index contributed by atoms with van der Waals surface area (Å²) < 4.78 is 128. The fraction of sp³-hybridized carbons (Fsp3) is 1.00. The van der Waals surface area contributed by atoms with Crippen LogP contribution in [0.25, 0.3) is 0 Å². The van der Waals surface area contributed by atoms with E-state index in [9.17, 15) is 48.1 Å². The average Bonchev–Trinajstić information content (AvgIpc) is 2.13. The van der Waals surface area contributed by atoms with Crippen LogP contribution in [0.1, 0.15) is 19.3 Å². The largest absolute Gasteiger partial charge is 1.00 e. The van der Waals surface area contributed by atoms with Gasteiger partial charge in [0.2, 0.25) is 0 Å². The minimum atomic E-state index is -6.85. The molecule has 0 aliphatic heterocycles. The van der Waals surface area contributed by atoms with Crippen LogP contribution in [-0.4, -0.2) is 36.5 Å². The predicted molar refractivity (Wildman–Crippen MR) is 44.4 cm³/mol. The molecule has 0 saturated heterocycles. The van der Waals surface area contributed by atoms with E-state index in [1.165, 1.54) is 0 Å². The molecule has 0 aromatic heterocycles. The third-order valence-corrected chi connectivity index (χ3v) is 2.91. The first-order valence-corrected chi connectivity index (χ1v) is 5.95. The van der Waals surface area contributed by atoms with Crippen molar-refractivity contribution in [2.24, 2.45) is 0 Å². The summed E-state index contributed by atoms with van der Waals surface area (Å²) in [5.74, 6) is -5.90. The zero-order chi connectivity index (χ0) is 15.7. The Morgan fingerprint density at radius 1 is 1.00 bits per heavy atom. The molecule has 1 atom stereocenters. The second-order valence-corrected chi connectivity index (χ2v) is 4.99. The Bertz CT molecular complexity index is 407. The van der Waals surface area contributed by atoms with E-state index in [1.807, 2.05) is 0 Å². The maximum absolute atomic E-state index is 12.8. The van der Waals surface area contributed by atoms with E-state index >= 15 is 0 Å². The Morgan fingerprint density at radius 3 is 1.70 bits per heavy atom. The van der Waals surface area contributed by atoms with Gasteiger partial charge in [0.15, 0.2) is 16.3 Å². The van der Waals surface area contributed by atoms with Crippen molar-refractivity contribution in [2.45, 2.75) is 42.8 Å². The number of hydrogen-bond donors (Lipinski definition) is 0. The van der Waals surface area contributed by atoms with Gasteiger partial charge in [-0.1, -0.05) is 0 Å². The zero-order valence-electron chi connectivity index (χ0n) is 9.86. The Kier molecular flexibility index (Phi) is 8.00. The monoisotopic (exact) mass is 346 g/mol. The van der Waals surface area contributed by atoms with Gasteiger partial charge >= 0.3 is 46.9 Å².